The van der Waals surface area contributed by atoms with Crippen LogP contribution in [0, 0.1) is 6.92 Å². The number of aromatic amines is 1. The molecule has 2 heterocycles. The van der Waals surface area contributed by atoms with E-state index in [-0.39, 0.29) is 23.8 Å². The van der Waals surface area contributed by atoms with E-state index in [0.717, 1.165) is 22.4 Å². The zero-order valence-corrected chi connectivity index (χ0v) is 18.2. The van der Waals surface area contributed by atoms with Crippen molar-refractivity contribution in [1.82, 2.24) is 9.97 Å². The van der Waals surface area contributed by atoms with Crippen LogP contribution >= 0.6 is 0 Å². The number of carbonyl (C=O) groups excluding carboxylic acids is 1. The minimum absolute atomic E-state index is 0.163. The first-order valence-electron chi connectivity index (χ1n) is 10.8. The highest BCUT2D eigenvalue weighted by molar-refractivity contribution is 5.94. The Bertz CT molecular complexity index is 1340. The molecule has 0 saturated carbocycles. The second-order valence-electron chi connectivity index (χ2n) is 8.19. The Kier molecular flexibility index (Phi) is 5.48. The maximum Gasteiger partial charge on any atom is 0.257 e. The highest BCUT2D eigenvalue weighted by Crippen LogP contribution is 2.35. The van der Waals surface area contributed by atoms with Crippen LogP contribution in [0.1, 0.15) is 34.6 Å². The van der Waals surface area contributed by atoms with Crippen LogP contribution in [0.25, 0.3) is 11.4 Å². The number of ether oxygens (including phenoxy) is 1. The number of nitrogens with one attached hydrogen (secondary N) is 2. The highest BCUT2D eigenvalue weighted by atomic mass is 16.5. The van der Waals surface area contributed by atoms with Gasteiger partial charge in [-0.15, -0.1) is 0 Å². The van der Waals surface area contributed by atoms with Gasteiger partial charge < -0.3 is 15.0 Å². The number of nitrogens with zero attached hydrogens (tertiary/aromatic N) is 1. The van der Waals surface area contributed by atoms with Gasteiger partial charge in [-0.25, -0.2) is 4.98 Å². The third-order valence-corrected chi connectivity index (χ3v) is 5.81. The molecule has 4 aromatic rings. The Balaban J connectivity index is 1.40. The van der Waals surface area contributed by atoms with Gasteiger partial charge in [0.1, 0.15) is 24.0 Å². The van der Waals surface area contributed by atoms with Crippen molar-refractivity contribution in [2.75, 3.05) is 5.32 Å². The van der Waals surface area contributed by atoms with Crippen molar-refractivity contribution < 1.29 is 9.53 Å². The smallest absolute Gasteiger partial charge is 0.257 e. The fourth-order valence-corrected chi connectivity index (χ4v) is 4.04. The molecule has 0 radical (unpaired) electrons. The quantitative estimate of drug-likeness (QED) is 0.470. The molecule has 3 aromatic carbocycles. The SMILES string of the molecule is Cc1ccc(COc2ccc([C@H]3CC(=O)Nc4nc(-c5ccccc5)[nH]c(=O)c43)cc2)cc1. The molecule has 0 unspecified atom stereocenters. The molecule has 1 aliphatic rings. The van der Waals surface area contributed by atoms with Gasteiger partial charge in [0.15, 0.2) is 0 Å². The molecule has 0 fully saturated rings. The number of hydrogen-bond acceptors (Lipinski definition) is 4. The van der Waals surface area contributed by atoms with Crippen LogP contribution in [-0.4, -0.2) is 15.9 Å². The summed E-state index contributed by atoms with van der Waals surface area (Å²) >= 11 is 0. The number of aryl methyl sites for hydroxylation is 1. The standard InChI is InChI=1S/C27H23N3O3/c1-17-7-9-18(10-8-17)16-33-21-13-11-19(12-14-21)22-15-23(31)28-26-24(22)27(32)30-25(29-26)20-5-3-2-4-6-20/h2-14,22H,15-16H2,1H3,(H2,28,29,30,31,32)/t22-/m1/s1. The fourth-order valence-electron chi connectivity index (χ4n) is 4.04. The molecule has 0 bridgehead atoms. The number of benzene rings is 3. The van der Waals surface area contributed by atoms with Gasteiger partial charge in [0, 0.05) is 17.9 Å². The van der Waals surface area contributed by atoms with Gasteiger partial charge in [-0.1, -0.05) is 72.3 Å². The van der Waals surface area contributed by atoms with Gasteiger partial charge in [0.25, 0.3) is 5.56 Å². The third kappa shape index (κ3) is 4.41. The molecule has 1 amide bonds. The van der Waals surface area contributed by atoms with Crippen molar-refractivity contribution in [1.29, 1.82) is 0 Å². The second kappa shape index (κ2) is 8.74. The molecule has 6 nitrogen and oxygen atoms in total. The molecule has 164 valence electrons. The minimum Gasteiger partial charge on any atom is -0.489 e. The number of fused-ring (bicyclic) bond motifs is 1. The van der Waals surface area contributed by atoms with Crippen molar-refractivity contribution >= 4 is 11.7 Å². The lowest BCUT2D eigenvalue weighted by Crippen LogP contribution is -2.31. The van der Waals surface area contributed by atoms with E-state index in [0.29, 0.717) is 23.8 Å². The van der Waals surface area contributed by atoms with E-state index in [1.54, 1.807) is 0 Å². The van der Waals surface area contributed by atoms with Crippen LogP contribution in [-0.2, 0) is 11.4 Å². The molecule has 6 heteroatoms. The molecule has 2 N–H and O–H groups in total. The largest absolute Gasteiger partial charge is 0.489 e. The lowest BCUT2D eigenvalue weighted by molar-refractivity contribution is -0.116. The molecule has 5 rings (SSSR count). The van der Waals surface area contributed by atoms with Crippen molar-refractivity contribution in [2.45, 2.75) is 25.9 Å². The molecule has 0 saturated heterocycles. The van der Waals surface area contributed by atoms with E-state index >= 15 is 0 Å². The Labute approximate surface area is 191 Å². The first kappa shape index (κ1) is 20.7. The summed E-state index contributed by atoms with van der Waals surface area (Å²) in [6.45, 7) is 2.52. The van der Waals surface area contributed by atoms with Crippen molar-refractivity contribution in [3.63, 3.8) is 0 Å². The van der Waals surface area contributed by atoms with E-state index < -0.39 is 0 Å². The molecule has 1 atom stereocenters. The number of carbonyl (C=O) groups is 1. The average Bonchev–Trinajstić information content (AvgIpc) is 2.84. The van der Waals surface area contributed by atoms with Gasteiger partial charge in [-0.3, -0.25) is 9.59 Å². The Morgan fingerprint density at radius 1 is 0.939 bits per heavy atom. The highest BCUT2D eigenvalue weighted by Gasteiger charge is 2.31. The molecule has 1 aromatic heterocycles. The first-order chi connectivity index (χ1) is 16.1. The second-order valence-corrected chi connectivity index (χ2v) is 8.19. The van der Waals surface area contributed by atoms with Gasteiger partial charge in [0.2, 0.25) is 5.91 Å². The van der Waals surface area contributed by atoms with E-state index in [1.165, 1.54) is 5.56 Å². The molecular weight excluding hydrogens is 414 g/mol. The van der Waals surface area contributed by atoms with Crippen LogP contribution in [0.2, 0.25) is 0 Å². The predicted octanol–water partition coefficient (Wildman–Crippen LogP) is 4.80. The molecule has 1 aliphatic heterocycles. The van der Waals surface area contributed by atoms with Gasteiger partial charge in [-0.05, 0) is 30.2 Å². The Morgan fingerprint density at radius 2 is 1.67 bits per heavy atom. The summed E-state index contributed by atoms with van der Waals surface area (Å²) in [4.78, 5) is 32.9. The summed E-state index contributed by atoms with van der Waals surface area (Å²) in [6, 6.07) is 25.1. The number of aromatic nitrogens is 2. The van der Waals surface area contributed by atoms with E-state index in [2.05, 4.69) is 34.3 Å². The van der Waals surface area contributed by atoms with Gasteiger partial charge >= 0.3 is 0 Å². The summed E-state index contributed by atoms with van der Waals surface area (Å²) in [7, 11) is 0. The third-order valence-electron chi connectivity index (χ3n) is 5.81. The van der Waals surface area contributed by atoms with Crippen LogP contribution < -0.4 is 15.6 Å². The summed E-state index contributed by atoms with van der Waals surface area (Å²) in [6.07, 6.45) is 0.187. The summed E-state index contributed by atoms with van der Waals surface area (Å²) in [5.74, 6) is 0.940. The van der Waals surface area contributed by atoms with Crippen molar-refractivity contribution in [2.24, 2.45) is 0 Å². The predicted molar refractivity (Wildman–Crippen MR) is 127 cm³/mol. The van der Waals surface area contributed by atoms with E-state index in [9.17, 15) is 9.59 Å². The summed E-state index contributed by atoms with van der Waals surface area (Å²) in [5, 5.41) is 2.77. The van der Waals surface area contributed by atoms with Crippen LogP contribution in [0.3, 0.4) is 0 Å². The number of anilines is 1. The summed E-state index contributed by atoms with van der Waals surface area (Å²) in [5.41, 5.74) is 4.18. The Hall–Kier alpha value is -4.19. The number of hydrogen-bond donors (Lipinski definition) is 2. The van der Waals surface area contributed by atoms with Crippen LogP contribution in [0.5, 0.6) is 5.75 Å². The Morgan fingerprint density at radius 3 is 2.39 bits per heavy atom. The van der Waals surface area contributed by atoms with Crippen molar-refractivity contribution in [3.8, 4) is 17.1 Å². The topological polar surface area (TPSA) is 84.1 Å². The lowest BCUT2D eigenvalue weighted by Gasteiger charge is -2.24. The molecule has 0 aliphatic carbocycles. The molecule has 0 spiro atoms. The average molecular weight is 437 g/mol. The van der Waals surface area contributed by atoms with Gasteiger partial charge in [-0.2, -0.15) is 0 Å². The molecular formula is C27H23N3O3. The van der Waals surface area contributed by atoms with Crippen molar-refractivity contribution in [3.05, 3.63) is 111 Å². The summed E-state index contributed by atoms with van der Waals surface area (Å²) < 4.78 is 5.89. The first-order valence-corrected chi connectivity index (χ1v) is 10.8. The minimum atomic E-state index is -0.374. The monoisotopic (exact) mass is 437 g/mol. The van der Waals surface area contributed by atoms with E-state index in [4.69, 9.17) is 4.74 Å². The lowest BCUT2D eigenvalue weighted by atomic mass is 9.87. The maximum absolute atomic E-state index is 13.0. The number of rotatable bonds is 5. The number of amides is 1. The van der Waals surface area contributed by atoms with E-state index in [1.807, 2.05) is 66.7 Å². The zero-order valence-electron chi connectivity index (χ0n) is 18.2. The normalized spacial score (nSPS) is 14.9. The number of H-pyrrole nitrogens is 1. The maximum atomic E-state index is 13.0. The fraction of sp³-hybridized carbons (Fsp3) is 0.148. The van der Waals surface area contributed by atoms with Gasteiger partial charge in [0.05, 0.1) is 5.56 Å². The van der Waals surface area contributed by atoms with Crippen LogP contribution in [0.15, 0.2) is 83.7 Å². The zero-order chi connectivity index (χ0) is 22.8. The van der Waals surface area contributed by atoms with Crippen LogP contribution in [0.4, 0.5) is 5.82 Å². The molecule has 33 heavy (non-hydrogen) atoms.